The van der Waals surface area contributed by atoms with Crippen molar-refractivity contribution in [1.82, 2.24) is 16.0 Å². The van der Waals surface area contributed by atoms with Gasteiger partial charge in [-0.2, -0.15) is 0 Å². The van der Waals surface area contributed by atoms with Gasteiger partial charge in [-0.3, -0.25) is 24.0 Å². The molecule has 0 aliphatic carbocycles. The molecule has 0 aliphatic rings. The molecule has 4 amide bonds. The summed E-state index contributed by atoms with van der Waals surface area (Å²) >= 11 is 0. The number of nitrogens with one attached hydrogen (secondary N) is 3. The van der Waals surface area contributed by atoms with E-state index < -0.39 is 79.2 Å². The topological polar surface area (TPSA) is 251 Å². The number of carboxylic acid groups (broad SMARTS) is 2. The highest BCUT2D eigenvalue weighted by Gasteiger charge is 2.30. The number of aliphatic carboxylic acids is 2. The van der Waals surface area contributed by atoms with Gasteiger partial charge in [0.1, 0.15) is 18.1 Å². The van der Waals surface area contributed by atoms with Gasteiger partial charge in [-0.25, -0.2) is 4.79 Å². The van der Waals surface area contributed by atoms with Gasteiger partial charge in [0, 0.05) is 6.42 Å². The van der Waals surface area contributed by atoms with Gasteiger partial charge >= 0.3 is 11.9 Å². The Labute approximate surface area is 165 Å². The Morgan fingerprint density at radius 1 is 0.862 bits per heavy atom. The Kier molecular flexibility index (Phi) is 10.9. The van der Waals surface area contributed by atoms with E-state index in [1.807, 2.05) is 5.32 Å². The molecule has 0 heterocycles. The summed E-state index contributed by atoms with van der Waals surface area (Å²) < 4.78 is 0. The van der Waals surface area contributed by atoms with Crippen LogP contribution in [0, 0.1) is 0 Å². The highest BCUT2D eigenvalue weighted by Crippen LogP contribution is 2.01. The zero-order valence-electron chi connectivity index (χ0n) is 15.6. The van der Waals surface area contributed by atoms with E-state index in [9.17, 15) is 33.9 Å². The molecule has 0 aliphatic heterocycles. The molecule has 0 aromatic carbocycles. The number of amides is 4. The summed E-state index contributed by atoms with van der Waals surface area (Å²) in [7, 11) is 0. The zero-order valence-corrected chi connectivity index (χ0v) is 15.6. The Hall–Kier alpha value is -3.26. The lowest BCUT2D eigenvalue weighted by Crippen LogP contribution is -2.58. The standard InChI is InChI=1S/C15H25N5O9/c1-6(16)12(25)18-7(2-3-11(23)24)13(26)20-9(5-21)14(27)19-8(15(28)29)4-10(17)22/h6-9,21H,2-5,16H2,1H3,(H2,17,22)(H,18,25)(H,19,27)(H,20,26)(H,23,24)(H,28,29). The van der Waals surface area contributed by atoms with Crippen molar-refractivity contribution in [3.8, 4) is 0 Å². The smallest absolute Gasteiger partial charge is 0.326 e. The summed E-state index contributed by atoms with van der Waals surface area (Å²) in [5.41, 5.74) is 10.3. The van der Waals surface area contributed by atoms with Crippen LogP contribution < -0.4 is 27.4 Å². The van der Waals surface area contributed by atoms with Gasteiger partial charge in [-0.15, -0.1) is 0 Å². The average Bonchev–Trinajstić information content (AvgIpc) is 2.60. The second kappa shape index (κ2) is 12.2. The Morgan fingerprint density at radius 2 is 1.34 bits per heavy atom. The molecule has 0 bridgehead atoms. The van der Waals surface area contributed by atoms with Crippen LogP contribution in [-0.2, 0) is 28.8 Å². The predicted octanol–water partition coefficient (Wildman–Crippen LogP) is -4.39. The summed E-state index contributed by atoms with van der Waals surface area (Å²) in [6.45, 7) is 0.379. The number of carbonyl (C=O) groups excluding carboxylic acids is 4. The number of hydrogen-bond donors (Lipinski definition) is 8. The third-order valence-electron chi connectivity index (χ3n) is 3.53. The van der Waals surface area contributed by atoms with Crippen LogP contribution in [0.4, 0.5) is 0 Å². The number of aliphatic hydroxyl groups excluding tert-OH is 1. The molecule has 29 heavy (non-hydrogen) atoms. The number of aliphatic hydroxyl groups is 1. The zero-order chi connectivity index (χ0) is 22.7. The summed E-state index contributed by atoms with van der Waals surface area (Å²) in [6, 6.07) is -5.71. The summed E-state index contributed by atoms with van der Waals surface area (Å²) in [5, 5.41) is 33.3. The molecule has 0 saturated heterocycles. The Balaban J connectivity index is 5.21. The maximum Gasteiger partial charge on any atom is 0.326 e. The summed E-state index contributed by atoms with van der Waals surface area (Å²) in [4.78, 5) is 68.9. The van der Waals surface area contributed by atoms with Crippen molar-refractivity contribution in [3.05, 3.63) is 0 Å². The van der Waals surface area contributed by atoms with Crippen LogP contribution >= 0.6 is 0 Å². The molecule has 14 heteroatoms. The fourth-order valence-electron chi connectivity index (χ4n) is 1.98. The third kappa shape index (κ3) is 10.0. The van der Waals surface area contributed by atoms with Gasteiger partial charge < -0.3 is 42.7 Å². The van der Waals surface area contributed by atoms with Gasteiger partial charge in [0.15, 0.2) is 0 Å². The number of carbonyl (C=O) groups is 6. The SMILES string of the molecule is CC(N)C(=O)NC(CCC(=O)O)C(=O)NC(CO)C(=O)NC(CC(N)=O)C(=O)O. The van der Waals surface area contributed by atoms with Crippen LogP contribution in [0.2, 0.25) is 0 Å². The fourth-order valence-corrected chi connectivity index (χ4v) is 1.98. The van der Waals surface area contributed by atoms with Crippen molar-refractivity contribution in [2.45, 2.75) is 50.4 Å². The maximum absolute atomic E-state index is 12.3. The van der Waals surface area contributed by atoms with Crippen LogP contribution in [0.15, 0.2) is 0 Å². The molecule has 0 aromatic rings. The lowest BCUT2D eigenvalue weighted by Gasteiger charge is -2.23. The first-order valence-electron chi connectivity index (χ1n) is 8.39. The van der Waals surface area contributed by atoms with Gasteiger partial charge in [0.25, 0.3) is 0 Å². The highest BCUT2D eigenvalue weighted by molar-refractivity contribution is 5.95. The highest BCUT2D eigenvalue weighted by atomic mass is 16.4. The number of primary amides is 1. The molecule has 164 valence electrons. The molecule has 14 nitrogen and oxygen atoms in total. The molecule has 0 saturated carbocycles. The Bertz CT molecular complexity index is 652. The van der Waals surface area contributed by atoms with Crippen molar-refractivity contribution >= 4 is 35.6 Å². The van der Waals surface area contributed by atoms with E-state index in [0.717, 1.165) is 0 Å². The van der Waals surface area contributed by atoms with E-state index >= 15 is 0 Å². The van der Waals surface area contributed by atoms with E-state index in [2.05, 4.69) is 10.6 Å². The Morgan fingerprint density at radius 3 is 1.76 bits per heavy atom. The van der Waals surface area contributed by atoms with Gasteiger partial charge in [-0.1, -0.05) is 0 Å². The molecule has 4 atom stereocenters. The maximum atomic E-state index is 12.3. The second-order valence-electron chi connectivity index (χ2n) is 6.10. The number of rotatable bonds is 13. The quantitative estimate of drug-likeness (QED) is 0.142. The largest absolute Gasteiger partial charge is 0.481 e. The van der Waals surface area contributed by atoms with Crippen molar-refractivity contribution in [2.24, 2.45) is 11.5 Å². The third-order valence-corrected chi connectivity index (χ3v) is 3.53. The first kappa shape index (κ1) is 25.7. The van der Waals surface area contributed by atoms with Gasteiger partial charge in [-0.05, 0) is 13.3 Å². The van der Waals surface area contributed by atoms with E-state index in [0.29, 0.717) is 0 Å². The fraction of sp³-hybridized carbons (Fsp3) is 0.600. The van der Waals surface area contributed by atoms with E-state index in [1.165, 1.54) is 6.92 Å². The van der Waals surface area contributed by atoms with E-state index in [-0.39, 0.29) is 6.42 Å². The average molecular weight is 419 g/mol. The van der Waals surface area contributed by atoms with E-state index in [4.69, 9.17) is 21.7 Å². The molecular weight excluding hydrogens is 394 g/mol. The predicted molar refractivity (Wildman–Crippen MR) is 94.8 cm³/mol. The second-order valence-corrected chi connectivity index (χ2v) is 6.10. The van der Waals surface area contributed by atoms with Gasteiger partial charge in [0.05, 0.1) is 19.1 Å². The number of carboxylic acids is 2. The van der Waals surface area contributed by atoms with Crippen LogP contribution in [0.25, 0.3) is 0 Å². The van der Waals surface area contributed by atoms with E-state index in [1.54, 1.807) is 0 Å². The minimum atomic E-state index is -1.69. The van der Waals surface area contributed by atoms with Crippen molar-refractivity contribution in [1.29, 1.82) is 0 Å². The summed E-state index contributed by atoms with van der Waals surface area (Å²) in [5.74, 6) is -6.71. The summed E-state index contributed by atoms with van der Waals surface area (Å²) in [6.07, 6.45) is -1.55. The molecule has 4 unspecified atom stereocenters. The lowest BCUT2D eigenvalue weighted by molar-refractivity contribution is -0.144. The minimum absolute atomic E-state index is 0.335. The van der Waals surface area contributed by atoms with Crippen molar-refractivity contribution < 1.29 is 44.1 Å². The molecule has 0 radical (unpaired) electrons. The van der Waals surface area contributed by atoms with Crippen LogP contribution in [0.5, 0.6) is 0 Å². The molecule has 0 rings (SSSR count). The first-order valence-corrected chi connectivity index (χ1v) is 8.39. The molecule has 0 spiro atoms. The number of nitrogens with two attached hydrogens (primary N) is 2. The molecular formula is C15H25N5O9. The van der Waals surface area contributed by atoms with Crippen LogP contribution in [-0.4, -0.2) is 81.7 Å². The monoisotopic (exact) mass is 419 g/mol. The lowest BCUT2D eigenvalue weighted by atomic mass is 10.1. The molecule has 10 N–H and O–H groups in total. The van der Waals surface area contributed by atoms with Gasteiger partial charge in [0.2, 0.25) is 23.6 Å². The van der Waals surface area contributed by atoms with Crippen LogP contribution in [0.1, 0.15) is 26.2 Å². The van der Waals surface area contributed by atoms with Crippen molar-refractivity contribution in [3.63, 3.8) is 0 Å². The van der Waals surface area contributed by atoms with Crippen LogP contribution in [0.3, 0.4) is 0 Å². The molecule has 0 aromatic heterocycles. The molecule has 0 fully saturated rings. The minimum Gasteiger partial charge on any atom is -0.481 e. The normalized spacial score (nSPS) is 14.6. The first-order chi connectivity index (χ1) is 13.4. The number of hydrogen-bond acceptors (Lipinski definition) is 8. The van der Waals surface area contributed by atoms with Crippen molar-refractivity contribution in [2.75, 3.05) is 6.61 Å².